The summed E-state index contributed by atoms with van der Waals surface area (Å²) in [6, 6.07) is 2.11. The van der Waals surface area contributed by atoms with Crippen molar-refractivity contribution in [2.75, 3.05) is 19.6 Å². The Morgan fingerprint density at radius 1 is 1.39 bits per heavy atom. The van der Waals surface area contributed by atoms with Crippen molar-refractivity contribution < 1.29 is 0 Å². The van der Waals surface area contributed by atoms with Crippen molar-refractivity contribution in [2.24, 2.45) is 11.1 Å². The highest BCUT2D eigenvalue weighted by Crippen LogP contribution is 2.17. The van der Waals surface area contributed by atoms with Crippen molar-refractivity contribution >= 4 is 0 Å². The minimum Gasteiger partial charge on any atom is -0.330 e. The molecule has 1 aromatic heterocycles. The Kier molecular flexibility index (Phi) is 5.82. The molecule has 0 bridgehead atoms. The molecule has 0 saturated carbocycles. The first-order valence-corrected chi connectivity index (χ1v) is 6.95. The molecule has 4 nitrogen and oxygen atoms in total. The third kappa shape index (κ3) is 4.42. The van der Waals surface area contributed by atoms with Gasteiger partial charge in [-0.2, -0.15) is 5.10 Å². The highest BCUT2D eigenvalue weighted by atomic mass is 15.3. The molecule has 1 aromatic rings. The summed E-state index contributed by atoms with van der Waals surface area (Å²) in [5.74, 6) is 0. The van der Waals surface area contributed by atoms with E-state index in [1.54, 1.807) is 0 Å². The normalized spacial score (nSPS) is 12.3. The average Bonchev–Trinajstić information content (AvgIpc) is 2.76. The summed E-state index contributed by atoms with van der Waals surface area (Å²) < 4.78 is 2.07. The molecule has 0 unspecified atom stereocenters. The predicted molar refractivity (Wildman–Crippen MR) is 76.3 cm³/mol. The minimum atomic E-state index is 0.173. The summed E-state index contributed by atoms with van der Waals surface area (Å²) in [5, 5.41) is 4.33. The lowest BCUT2D eigenvalue weighted by molar-refractivity contribution is 0.172. The first-order chi connectivity index (χ1) is 8.52. The second-order valence-electron chi connectivity index (χ2n) is 5.72. The molecule has 0 fully saturated rings. The van der Waals surface area contributed by atoms with E-state index < -0.39 is 0 Å². The highest BCUT2D eigenvalue weighted by molar-refractivity contribution is 5.00. The van der Waals surface area contributed by atoms with E-state index in [0.29, 0.717) is 0 Å². The van der Waals surface area contributed by atoms with Crippen LogP contribution in [0.15, 0.2) is 12.3 Å². The van der Waals surface area contributed by atoms with Gasteiger partial charge < -0.3 is 5.73 Å². The van der Waals surface area contributed by atoms with E-state index in [1.165, 1.54) is 12.1 Å². The molecule has 1 heterocycles. The molecule has 0 aliphatic carbocycles. The van der Waals surface area contributed by atoms with Gasteiger partial charge >= 0.3 is 0 Å². The zero-order valence-corrected chi connectivity index (χ0v) is 12.3. The molecular weight excluding hydrogens is 224 g/mol. The van der Waals surface area contributed by atoms with Crippen LogP contribution in [0.2, 0.25) is 0 Å². The van der Waals surface area contributed by atoms with Crippen LogP contribution < -0.4 is 5.73 Å². The molecule has 0 spiro atoms. The Bertz CT molecular complexity index is 343. The lowest BCUT2D eigenvalue weighted by atomic mass is 9.93. The second kappa shape index (κ2) is 6.90. The molecule has 0 aromatic carbocycles. The third-order valence-electron chi connectivity index (χ3n) is 3.23. The number of rotatable bonds is 8. The van der Waals surface area contributed by atoms with E-state index in [9.17, 15) is 0 Å². The van der Waals surface area contributed by atoms with Gasteiger partial charge in [0.05, 0.1) is 5.69 Å². The summed E-state index contributed by atoms with van der Waals surface area (Å²) in [5.41, 5.74) is 7.30. The second-order valence-corrected chi connectivity index (χ2v) is 5.72. The van der Waals surface area contributed by atoms with E-state index >= 15 is 0 Å². The smallest absolute Gasteiger partial charge is 0.0524 e. The number of aromatic nitrogens is 2. The molecule has 104 valence electrons. The molecule has 4 heteroatoms. The average molecular weight is 252 g/mol. The molecular formula is C14H28N4. The Labute approximate surface area is 111 Å². The number of hydrogen-bond donors (Lipinski definition) is 1. The standard InChI is InChI=1S/C14H28N4/c1-5-9-17(12-14(3,4)11-15)10-13-7-8-16-18(13)6-2/h7-8H,5-6,9-12,15H2,1-4H3. The highest BCUT2D eigenvalue weighted by Gasteiger charge is 2.20. The summed E-state index contributed by atoms with van der Waals surface area (Å²) in [6.07, 6.45) is 3.05. The van der Waals surface area contributed by atoms with Gasteiger partial charge in [0.1, 0.15) is 0 Å². The molecule has 0 saturated heterocycles. The minimum absolute atomic E-state index is 0.173. The predicted octanol–water partition coefficient (Wildman–Crippen LogP) is 2.10. The number of nitrogens with two attached hydrogens (primary N) is 1. The van der Waals surface area contributed by atoms with Crippen LogP contribution in [0, 0.1) is 5.41 Å². The van der Waals surface area contributed by atoms with Crippen molar-refractivity contribution in [1.29, 1.82) is 0 Å². The molecule has 0 radical (unpaired) electrons. The zero-order valence-electron chi connectivity index (χ0n) is 12.3. The fourth-order valence-electron chi connectivity index (χ4n) is 2.21. The van der Waals surface area contributed by atoms with Crippen molar-refractivity contribution in [3.05, 3.63) is 18.0 Å². The van der Waals surface area contributed by atoms with Gasteiger partial charge in [-0.25, -0.2) is 0 Å². The molecule has 0 aliphatic rings. The van der Waals surface area contributed by atoms with E-state index in [1.807, 2.05) is 6.20 Å². The van der Waals surface area contributed by atoms with Crippen LogP contribution in [0.4, 0.5) is 0 Å². The fourth-order valence-corrected chi connectivity index (χ4v) is 2.21. The van der Waals surface area contributed by atoms with E-state index in [4.69, 9.17) is 5.73 Å². The van der Waals surface area contributed by atoms with Crippen LogP contribution in [-0.2, 0) is 13.1 Å². The summed E-state index contributed by atoms with van der Waals surface area (Å²) in [7, 11) is 0. The maximum absolute atomic E-state index is 5.84. The van der Waals surface area contributed by atoms with Gasteiger partial charge in [-0.3, -0.25) is 9.58 Å². The number of aryl methyl sites for hydroxylation is 1. The zero-order chi connectivity index (χ0) is 13.6. The maximum Gasteiger partial charge on any atom is 0.0524 e. The SMILES string of the molecule is CCCN(Cc1ccnn1CC)CC(C)(C)CN. The first kappa shape index (κ1) is 15.2. The Hall–Kier alpha value is -0.870. The molecule has 1 rings (SSSR count). The van der Waals surface area contributed by atoms with Gasteiger partial charge in [-0.15, -0.1) is 0 Å². The lowest BCUT2D eigenvalue weighted by Gasteiger charge is -2.31. The van der Waals surface area contributed by atoms with Gasteiger partial charge in [-0.05, 0) is 37.9 Å². The summed E-state index contributed by atoms with van der Waals surface area (Å²) in [4.78, 5) is 2.48. The van der Waals surface area contributed by atoms with Crippen molar-refractivity contribution in [1.82, 2.24) is 14.7 Å². The lowest BCUT2D eigenvalue weighted by Crippen LogP contribution is -2.39. The number of nitrogens with zero attached hydrogens (tertiary/aromatic N) is 3. The Morgan fingerprint density at radius 3 is 2.67 bits per heavy atom. The van der Waals surface area contributed by atoms with Crippen LogP contribution in [-0.4, -0.2) is 34.3 Å². The largest absolute Gasteiger partial charge is 0.330 e. The van der Waals surface area contributed by atoms with Crippen LogP contribution in [0.5, 0.6) is 0 Å². The first-order valence-electron chi connectivity index (χ1n) is 6.95. The van der Waals surface area contributed by atoms with Crippen molar-refractivity contribution in [2.45, 2.75) is 47.2 Å². The van der Waals surface area contributed by atoms with E-state index in [0.717, 1.165) is 32.7 Å². The topological polar surface area (TPSA) is 47.1 Å². The molecule has 18 heavy (non-hydrogen) atoms. The molecule has 0 amide bonds. The fraction of sp³-hybridized carbons (Fsp3) is 0.786. The maximum atomic E-state index is 5.84. The van der Waals surface area contributed by atoms with Gasteiger partial charge in [-0.1, -0.05) is 20.8 Å². The van der Waals surface area contributed by atoms with Gasteiger partial charge in [0.15, 0.2) is 0 Å². The number of hydrogen-bond acceptors (Lipinski definition) is 3. The van der Waals surface area contributed by atoms with Crippen LogP contribution >= 0.6 is 0 Å². The Balaban J connectivity index is 2.68. The van der Waals surface area contributed by atoms with Crippen molar-refractivity contribution in [3.63, 3.8) is 0 Å². The summed E-state index contributed by atoms with van der Waals surface area (Å²) in [6.45, 7) is 13.6. The molecule has 0 atom stereocenters. The third-order valence-corrected chi connectivity index (χ3v) is 3.23. The van der Waals surface area contributed by atoms with E-state index in [2.05, 4.69) is 48.4 Å². The van der Waals surface area contributed by atoms with Gasteiger partial charge in [0.2, 0.25) is 0 Å². The quantitative estimate of drug-likeness (QED) is 0.771. The van der Waals surface area contributed by atoms with Crippen LogP contribution in [0.25, 0.3) is 0 Å². The van der Waals surface area contributed by atoms with Crippen molar-refractivity contribution in [3.8, 4) is 0 Å². The van der Waals surface area contributed by atoms with Crippen LogP contribution in [0.3, 0.4) is 0 Å². The molecule has 0 aliphatic heterocycles. The van der Waals surface area contributed by atoms with Gasteiger partial charge in [0, 0.05) is 25.8 Å². The van der Waals surface area contributed by atoms with Gasteiger partial charge in [0.25, 0.3) is 0 Å². The van der Waals surface area contributed by atoms with E-state index in [-0.39, 0.29) is 5.41 Å². The summed E-state index contributed by atoms with van der Waals surface area (Å²) >= 11 is 0. The monoisotopic (exact) mass is 252 g/mol. The molecule has 2 N–H and O–H groups in total. The Morgan fingerprint density at radius 2 is 2.11 bits per heavy atom. The van der Waals surface area contributed by atoms with Crippen LogP contribution in [0.1, 0.15) is 39.8 Å².